The number of halogens is 2. The van der Waals surface area contributed by atoms with Crippen LogP contribution in [0.15, 0.2) is 71.9 Å². The number of rotatable bonds is 7. The molecule has 1 amide bonds. The van der Waals surface area contributed by atoms with Crippen molar-refractivity contribution < 1.29 is 27.5 Å². The zero-order valence-corrected chi connectivity index (χ0v) is 25.4. The lowest BCUT2D eigenvalue weighted by Gasteiger charge is -2.27. The van der Waals surface area contributed by atoms with Crippen molar-refractivity contribution in [3.8, 4) is 5.82 Å². The number of sulfonamides is 1. The predicted octanol–water partition coefficient (Wildman–Crippen LogP) is 5.23. The van der Waals surface area contributed by atoms with Crippen LogP contribution in [-0.4, -0.2) is 61.7 Å². The Morgan fingerprint density at radius 1 is 1.07 bits per heavy atom. The van der Waals surface area contributed by atoms with Gasteiger partial charge in [-0.3, -0.25) is 13.9 Å². The van der Waals surface area contributed by atoms with E-state index in [1.54, 1.807) is 62.3 Å². The number of esters is 1. The monoisotopic (exact) mass is 630 g/mol. The fourth-order valence-electron chi connectivity index (χ4n) is 4.57. The van der Waals surface area contributed by atoms with Gasteiger partial charge in [0.25, 0.3) is 15.9 Å². The molecule has 0 spiro atoms. The van der Waals surface area contributed by atoms with E-state index < -0.39 is 28.1 Å². The molecule has 0 radical (unpaired) electrons. The molecule has 4 aromatic rings. The van der Waals surface area contributed by atoms with Crippen molar-refractivity contribution in [2.45, 2.75) is 31.3 Å². The van der Waals surface area contributed by atoms with Gasteiger partial charge in [-0.25, -0.2) is 13.4 Å². The Bertz CT molecular complexity index is 1750. The quantitative estimate of drug-likeness (QED) is 0.257. The lowest BCUT2D eigenvalue weighted by Crippen LogP contribution is -2.41. The molecule has 1 aliphatic rings. The van der Waals surface area contributed by atoms with Crippen LogP contribution in [0.25, 0.3) is 16.7 Å². The fourth-order valence-corrected chi connectivity index (χ4v) is 6.70. The zero-order chi connectivity index (χ0) is 30.2. The number of benzene rings is 2. The minimum absolute atomic E-state index is 0.0390. The molecule has 0 atom stereocenters. The van der Waals surface area contributed by atoms with Crippen LogP contribution in [0, 0.1) is 0 Å². The number of carbonyl (C=O) groups excluding carboxylic acids is 2. The van der Waals surface area contributed by atoms with E-state index in [2.05, 4.69) is 4.98 Å². The maximum Gasteiger partial charge on any atom is 0.327 e. The third-order valence-corrected chi connectivity index (χ3v) is 8.54. The van der Waals surface area contributed by atoms with Crippen LogP contribution in [0.3, 0.4) is 0 Å². The second kappa shape index (κ2) is 11.6. The summed E-state index contributed by atoms with van der Waals surface area (Å²) >= 11 is 12.2. The van der Waals surface area contributed by atoms with E-state index in [0.29, 0.717) is 30.0 Å². The maximum atomic E-state index is 13.8. The molecular weight excluding hydrogens is 603 g/mol. The SMILES string of the molecule is CC(C)(C)OC(=O)CN(c1ccc2c(ccn2-c2ccc(N3CCOCC3=O)cn2)c1)S(=O)(=O)c1cc(Cl)cc(Cl)c1. The molecular formula is C29H28Cl2N4O6S. The number of ether oxygens (including phenoxy) is 2. The molecule has 2 aromatic carbocycles. The van der Waals surface area contributed by atoms with E-state index in [1.165, 1.54) is 18.2 Å². The van der Waals surface area contributed by atoms with Gasteiger partial charge in [-0.15, -0.1) is 0 Å². The molecule has 10 nitrogen and oxygen atoms in total. The number of fused-ring (bicyclic) bond motifs is 1. The first-order chi connectivity index (χ1) is 19.8. The van der Waals surface area contributed by atoms with Gasteiger partial charge in [0.1, 0.15) is 24.6 Å². The first kappa shape index (κ1) is 29.8. The van der Waals surface area contributed by atoms with Crippen LogP contribution in [0.2, 0.25) is 10.0 Å². The Balaban J connectivity index is 1.50. The van der Waals surface area contributed by atoms with Crippen LogP contribution in [0.5, 0.6) is 0 Å². The van der Waals surface area contributed by atoms with Crippen LogP contribution in [-0.2, 0) is 29.1 Å². The zero-order valence-electron chi connectivity index (χ0n) is 23.1. The van der Waals surface area contributed by atoms with Gasteiger partial charge in [-0.05, 0) is 75.4 Å². The highest BCUT2D eigenvalue weighted by Gasteiger charge is 2.30. The number of pyridine rings is 1. The van der Waals surface area contributed by atoms with Crippen molar-refractivity contribution in [2.75, 3.05) is 35.5 Å². The number of nitrogens with zero attached hydrogens (tertiary/aromatic N) is 4. The molecule has 0 saturated carbocycles. The summed E-state index contributed by atoms with van der Waals surface area (Å²) < 4.78 is 41.1. The maximum absolute atomic E-state index is 13.8. The Labute approximate surface area is 253 Å². The molecule has 220 valence electrons. The molecule has 13 heteroatoms. The van der Waals surface area contributed by atoms with Gasteiger partial charge in [0.15, 0.2) is 0 Å². The summed E-state index contributed by atoms with van der Waals surface area (Å²) in [6.07, 6.45) is 3.43. The topological polar surface area (TPSA) is 111 Å². The summed E-state index contributed by atoms with van der Waals surface area (Å²) in [6, 6.07) is 14.4. The molecule has 5 rings (SSSR count). The number of aromatic nitrogens is 2. The number of hydrogen-bond acceptors (Lipinski definition) is 7. The largest absolute Gasteiger partial charge is 0.459 e. The number of anilines is 2. The number of carbonyl (C=O) groups is 2. The molecule has 1 fully saturated rings. The highest BCUT2D eigenvalue weighted by molar-refractivity contribution is 7.92. The Morgan fingerprint density at radius 2 is 1.81 bits per heavy atom. The Hall–Kier alpha value is -3.64. The van der Waals surface area contributed by atoms with E-state index in [0.717, 1.165) is 9.82 Å². The van der Waals surface area contributed by atoms with E-state index in [1.807, 2.05) is 16.7 Å². The highest BCUT2D eigenvalue weighted by atomic mass is 35.5. The second-order valence-electron chi connectivity index (χ2n) is 10.6. The van der Waals surface area contributed by atoms with E-state index >= 15 is 0 Å². The molecule has 0 N–H and O–H groups in total. The molecule has 0 aliphatic carbocycles. The second-order valence-corrected chi connectivity index (χ2v) is 13.3. The van der Waals surface area contributed by atoms with E-state index in [-0.39, 0.29) is 33.1 Å². The lowest BCUT2D eigenvalue weighted by atomic mass is 10.2. The normalized spacial score (nSPS) is 14.3. The minimum atomic E-state index is -4.28. The van der Waals surface area contributed by atoms with Crippen molar-refractivity contribution in [2.24, 2.45) is 0 Å². The van der Waals surface area contributed by atoms with Gasteiger partial charge in [-0.2, -0.15) is 0 Å². The Kier molecular flexibility index (Phi) is 8.21. The Morgan fingerprint density at radius 3 is 2.45 bits per heavy atom. The van der Waals surface area contributed by atoms with Crippen molar-refractivity contribution >= 4 is 67.4 Å². The summed E-state index contributed by atoms with van der Waals surface area (Å²) in [6.45, 7) is 5.50. The molecule has 1 saturated heterocycles. The molecule has 42 heavy (non-hydrogen) atoms. The minimum Gasteiger partial charge on any atom is -0.459 e. The predicted molar refractivity (Wildman–Crippen MR) is 161 cm³/mol. The lowest BCUT2D eigenvalue weighted by molar-refractivity contribution is -0.152. The van der Waals surface area contributed by atoms with Crippen LogP contribution in [0.4, 0.5) is 11.4 Å². The van der Waals surface area contributed by atoms with Crippen LogP contribution >= 0.6 is 23.2 Å². The van der Waals surface area contributed by atoms with Gasteiger partial charge in [0.05, 0.1) is 34.6 Å². The van der Waals surface area contributed by atoms with Crippen LogP contribution in [0.1, 0.15) is 20.8 Å². The van der Waals surface area contributed by atoms with E-state index in [4.69, 9.17) is 32.7 Å². The van der Waals surface area contributed by atoms with Crippen molar-refractivity contribution in [1.82, 2.24) is 9.55 Å². The van der Waals surface area contributed by atoms with Crippen molar-refractivity contribution in [1.29, 1.82) is 0 Å². The summed E-state index contributed by atoms with van der Waals surface area (Å²) in [7, 11) is -4.28. The van der Waals surface area contributed by atoms with Gasteiger partial charge < -0.3 is 18.9 Å². The summed E-state index contributed by atoms with van der Waals surface area (Å²) in [4.78, 5) is 31.0. The van der Waals surface area contributed by atoms with Gasteiger partial charge >= 0.3 is 5.97 Å². The van der Waals surface area contributed by atoms with Gasteiger partial charge in [0.2, 0.25) is 0 Å². The first-order valence-corrected chi connectivity index (χ1v) is 15.2. The number of morpholine rings is 1. The average Bonchev–Trinajstić information content (AvgIpc) is 3.34. The van der Waals surface area contributed by atoms with E-state index in [9.17, 15) is 18.0 Å². The third-order valence-electron chi connectivity index (χ3n) is 6.36. The molecule has 0 bridgehead atoms. The molecule has 2 aromatic heterocycles. The smallest absolute Gasteiger partial charge is 0.327 e. The molecule has 3 heterocycles. The molecule has 0 unspecified atom stereocenters. The number of amides is 1. The van der Waals surface area contributed by atoms with Crippen molar-refractivity contribution in [3.05, 3.63) is 77.0 Å². The fraction of sp³-hybridized carbons (Fsp3) is 0.276. The van der Waals surface area contributed by atoms with Gasteiger partial charge in [0, 0.05) is 28.2 Å². The standard InChI is InChI=1S/C29H28Cl2N4O6S/c1-29(2,3)41-28(37)17-35(42(38,39)24-14-20(30)13-21(31)15-24)22-4-6-25-19(12-22)8-9-34(25)26-7-5-23(16-32-26)33-10-11-40-18-27(33)36/h4-9,12-16H,10-11,17-18H2,1-3H3. The van der Waals surface area contributed by atoms with Crippen molar-refractivity contribution in [3.63, 3.8) is 0 Å². The average molecular weight is 632 g/mol. The number of hydrogen-bond donors (Lipinski definition) is 0. The summed E-state index contributed by atoms with van der Waals surface area (Å²) in [5.74, 6) is -0.241. The highest BCUT2D eigenvalue weighted by Crippen LogP contribution is 2.31. The first-order valence-electron chi connectivity index (χ1n) is 13.0. The third kappa shape index (κ3) is 6.39. The molecule has 1 aliphatic heterocycles. The van der Waals surface area contributed by atoms with Crippen LogP contribution < -0.4 is 9.21 Å². The summed E-state index contributed by atoms with van der Waals surface area (Å²) in [5.41, 5.74) is 0.859. The summed E-state index contributed by atoms with van der Waals surface area (Å²) in [5, 5.41) is 0.986. The van der Waals surface area contributed by atoms with Gasteiger partial charge in [-0.1, -0.05) is 23.2 Å².